The molecule has 0 saturated carbocycles. The highest BCUT2D eigenvalue weighted by Crippen LogP contribution is 2.42. The Labute approximate surface area is 190 Å². The number of carbonyl (C=O) groups excluding carboxylic acids is 1. The van der Waals surface area contributed by atoms with Crippen molar-refractivity contribution in [3.05, 3.63) is 108 Å². The van der Waals surface area contributed by atoms with Crippen LogP contribution in [-0.2, 0) is 21.6 Å². The molecule has 1 saturated heterocycles. The molecule has 4 nitrogen and oxygen atoms in total. The van der Waals surface area contributed by atoms with E-state index in [1.165, 1.54) is 0 Å². The SMILES string of the molecule is CC1(C)OC[C@@H](c2ccccc2)N1C(=O)[C@H](Cc1ccccc1)[C@@](C)(O)c1ccccc1. The molecule has 166 valence electrons. The fourth-order valence-electron chi connectivity index (χ4n) is 4.66. The number of ether oxygens (including phenoxy) is 1. The molecule has 0 spiro atoms. The highest BCUT2D eigenvalue weighted by atomic mass is 16.5. The Bertz CT molecular complexity index is 1030. The van der Waals surface area contributed by atoms with E-state index in [2.05, 4.69) is 0 Å². The number of hydrogen-bond donors (Lipinski definition) is 1. The van der Waals surface area contributed by atoms with E-state index in [1.807, 2.05) is 110 Å². The highest BCUT2D eigenvalue weighted by Gasteiger charge is 2.50. The molecule has 1 amide bonds. The zero-order valence-corrected chi connectivity index (χ0v) is 18.9. The summed E-state index contributed by atoms with van der Waals surface area (Å²) in [6.07, 6.45) is 0.426. The molecule has 0 aliphatic carbocycles. The summed E-state index contributed by atoms with van der Waals surface area (Å²) < 4.78 is 6.08. The maximum Gasteiger partial charge on any atom is 0.232 e. The van der Waals surface area contributed by atoms with Crippen molar-refractivity contribution in [2.45, 2.75) is 44.6 Å². The topological polar surface area (TPSA) is 49.8 Å². The third-order valence-electron chi connectivity index (χ3n) is 6.53. The zero-order valence-electron chi connectivity index (χ0n) is 18.9. The van der Waals surface area contributed by atoms with E-state index in [-0.39, 0.29) is 11.9 Å². The lowest BCUT2D eigenvalue weighted by molar-refractivity contribution is -0.160. The van der Waals surface area contributed by atoms with Crippen molar-refractivity contribution in [1.82, 2.24) is 4.90 Å². The second-order valence-corrected chi connectivity index (χ2v) is 9.15. The molecule has 0 aromatic heterocycles. The average molecular weight is 430 g/mol. The largest absolute Gasteiger partial charge is 0.385 e. The number of carbonyl (C=O) groups is 1. The molecule has 1 heterocycles. The molecular weight excluding hydrogens is 398 g/mol. The Kier molecular flexibility index (Phi) is 6.18. The van der Waals surface area contributed by atoms with E-state index in [9.17, 15) is 9.90 Å². The van der Waals surface area contributed by atoms with Gasteiger partial charge in [0.05, 0.1) is 24.2 Å². The van der Waals surface area contributed by atoms with Crippen LogP contribution in [0.2, 0.25) is 0 Å². The van der Waals surface area contributed by atoms with Gasteiger partial charge in [0.25, 0.3) is 0 Å². The Hall–Kier alpha value is -2.95. The van der Waals surface area contributed by atoms with Crippen LogP contribution in [-0.4, -0.2) is 28.2 Å². The number of amides is 1. The van der Waals surface area contributed by atoms with Gasteiger partial charge in [0.1, 0.15) is 5.72 Å². The molecule has 3 aromatic rings. The van der Waals surface area contributed by atoms with Crippen LogP contribution in [0.1, 0.15) is 43.5 Å². The molecule has 32 heavy (non-hydrogen) atoms. The molecular formula is C28H31NO3. The average Bonchev–Trinajstić information content (AvgIpc) is 3.13. The van der Waals surface area contributed by atoms with Crippen molar-refractivity contribution < 1.29 is 14.6 Å². The maximum atomic E-state index is 14.3. The van der Waals surface area contributed by atoms with Crippen molar-refractivity contribution in [3.8, 4) is 0 Å². The third-order valence-corrected chi connectivity index (χ3v) is 6.53. The standard InChI is InChI=1S/C28H31NO3/c1-27(2)29(25(20-32-27)22-15-9-5-10-16-22)26(30)24(19-21-13-7-4-8-14-21)28(3,31)23-17-11-6-12-18-23/h4-18,24-25,31H,19-20H2,1-3H3/t24-,25-,28-/m0/s1. The van der Waals surface area contributed by atoms with Gasteiger partial charge in [-0.15, -0.1) is 0 Å². The van der Waals surface area contributed by atoms with Crippen LogP contribution in [0, 0.1) is 5.92 Å². The first-order valence-electron chi connectivity index (χ1n) is 11.1. The monoisotopic (exact) mass is 429 g/mol. The van der Waals surface area contributed by atoms with Crippen molar-refractivity contribution in [2.75, 3.05) is 6.61 Å². The Morgan fingerprint density at radius 1 is 1.00 bits per heavy atom. The first kappa shape index (κ1) is 22.3. The zero-order chi connectivity index (χ0) is 22.8. The van der Waals surface area contributed by atoms with Crippen LogP contribution in [0.15, 0.2) is 91.0 Å². The van der Waals surface area contributed by atoms with Crippen LogP contribution >= 0.6 is 0 Å². The summed E-state index contributed by atoms with van der Waals surface area (Å²) >= 11 is 0. The van der Waals surface area contributed by atoms with Crippen LogP contribution in [0.4, 0.5) is 0 Å². The molecule has 1 fully saturated rings. The van der Waals surface area contributed by atoms with E-state index in [0.29, 0.717) is 13.0 Å². The van der Waals surface area contributed by atoms with Gasteiger partial charge in [-0.3, -0.25) is 4.79 Å². The van der Waals surface area contributed by atoms with Crippen molar-refractivity contribution in [2.24, 2.45) is 5.92 Å². The predicted molar refractivity (Wildman–Crippen MR) is 126 cm³/mol. The summed E-state index contributed by atoms with van der Waals surface area (Å²) in [4.78, 5) is 16.1. The highest BCUT2D eigenvalue weighted by molar-refractivity contribution is 5.82. The Balaban J connectivity index is 1.76. The number of nitrogens with zero attached hydrogens (tertiary/aromatic N) is 1. The number of hydrogen-bond acceptors (Lipinski definition) is 3. The lowest BCUT2D eigenvalue weighted by Crippen LogP contribution is -2.52. The second kappa shape index (κ2) is 8.89. The molecule has 3 aromatic carbocycles. The lowest BCUT2D eigenvalue weighted by Gasteiger charge is -2.41. The third kappa shape index (κ3) is 4.34. The molecule has 1 aliphatic rings. The van der Waals surface area contributed by atoms with E-state index >= 15 is 0 Å². The van der Waals surface area contributed by atoms with Crippen LogP contribution in [0.5, 0.6) is 0 Å². The van der Waals surface area contributed by atoms with Crippen LogP contribution < -0.4 is 0 Å². The molecule has 1 aliphatic heterocycles. The van der Waals surface area contributed by atoms with Crippen LogP contribution in [0.3, 0.4) is 0 Å². The predicted octanol–water partition coefficient (Wildman–Crippen LogP) is 5.09. The minimum atomic E-state index is -1.35. The molecule has 0 radical (unpaired) electrons. The first-order valence-corrected chi connectivity index (χ1v) is 11.1. The molecule has 4 rings (SSSR count). The van der Waals surface area contributed by atoms with Crippen LogP contribution in [0.25, 0.3) is 0 Å². The van der Waals surface area contributed by atoms with E-state index in [4.69, 9.17) is 4.74 Å². The number of benzene rings is 3. The number of rotatable bonds is 6. The van der Waals surface area contributed by atoms with Gasteiger partial charge in [0, 0.05) is 0 Å². The van der Waals surface area contributed by atoms with Gasteiger partial charge >= 0.3 is 0 Å². The van der Waals surface area contributed by atoms with Gasteiger partial charge in [0.2, 0.25) is 5.91 Å². The van der Waals surface area contributed by atoms with Gasteiger partial charge in [-0.1, -0.05) is 91.0 Å². The Morgan fingerprint density at radius 3 is 2.12 bits per heavy atom. The summed E-state index contributed by atoms with van der Waals surface area (Å²) in [5.74, 6) is -0.793. The Morgan fingerprint density at radius 2 is 1.53 bits per heavy atom. The van der Waals surface area contributed by atoms with Gasteiger partial charge < -0.3 is 14.7 Å². The summed E-state index contributed by atoms with van der Waals surface area (Å²) in [5.41, 5.74) is 0.636. The normalized spacial score (nSPS) is 20.5. The summed E-state index contributed by atoms with van der Waals surface area (Å²) in [7, 11) is 0. The molecule has 0 bridgehead atoms. The summed E-state index contributed by atoms with van der Waals surface area (Å²) in [5, 5.41) is 11.8. The van der Waals surface area contributed by atoms with E-state index < -0.39 is 17.2 Å². The first-order chi connectivity index (χ1) is 15.3. The summed E-state index contributed by atoms with van der Waals surface area (Å²) in [6.45, 7) is 6.01. The smallest absolute Gasteiger partial charge is 0.232 e. The fraction of sp³-hybridized carbons (Fsp3) is 0.321. The minimum Gasteiger partial charge on any atom is -0.385 e. The quantitative estimate of drug-likeness (QED) is 0.594. The van der Waals surface area contributed by atoms with Crippen molar-refractivity contribution >= 4 is 5.91 Å². The van der Waals surface area contributed by atoms with Gasteiger partial charge in [-0.2, -0.15) is 0 Å². The van der Waals surface area contributed by atoms with E-state index in [1.54, 1.807) is 6.92 Å². The van der Waals surface area contributed by atoms with Gasteiger partial charge in [0.15, 0.2) is 0 Å². The molecule has 1 N–H and O–H groups in total. The van der Waals surface area contributed by atoms with E-state index in [0.717, 1.165) is 16.7 Å². The molecule has 4 heteroatoms. The van der Waals surface area contributed by atoms with Gasteiger partial charge in [-0.25, -0.2) is 0 Å². The van der Waals surface area contributed by atoms with Crippen molar-refractivity contribution in [3.63, 3.8) is 0 Å². The fourth-order valence-corrected chi connectivity index (χ4v) is 4.66. The van der Waals surface area contributed by atoms with Crippen molar-refractivity contribution in [1.29, 1.82) is 0 Å². The molecule has 3 atom stereocenters. The number of aliphatic hydroxyl groups is 1. The summed E-state index contributed by atoms with van der Waals surface area (Å²) in [6, 6.07) is 29.1. The minimum absolute atomic E-state index is 0.112. The van der Waals surface area contributed by atoms with Gasteiger partial charge in [-0.05, 0) is 43.9 Å². The molecule has 0 unspecified atom stereocenters. The lowest BCUT2D eigenvalue weighted by atomic mass is 9.78. The second-order valence-electron chi connectivity index (χ2n) is 9.15. The maximum absolute atomic E-state index is 14.3.